The molecule has 5 heteroatoms. The van der Waals surface area contributed by atoms with Crippen molar-refractivity contribution in [2.45, 2.75) is 30.7 Å². The molecule has 0 heterocycles. The summed E-state index contributed by atoms with van der Waals surface area (Å²) in [6.45, 7) is 2.57. The lowest BCUT2D eigenvalue weighted by atomic mass is 10.1. The molecule has 0 amide bonds. The van der Waals surface area contributed by atoms with E-state index in [9.17, 15) is 8.42 Å². The molecule has 0 aliphatic heterocycles. The van der Waals surface area contributed by atoms with Gasteiger partial charge in [-0.25, -0.2) is 13.1 Å². The first-order valence-electron chi connectivity index (χ1n) is 6.30. The van der Waals surface area contributed by atoms with Crippen LogP contribution >= 0.6 is 0 Å². The summed E-state index contributed by atoms with van der Waals surface area (Å²) >= 11 is 0. The van der Waals surface area contributed by atoms with E-state index in [1.165, 1.54) is 0 Å². The zero-order valence-electron chi connectivity index (χ0n) is 10.8. The summed E-state index contributed by atoms with van der Waals surface area (Å²) in [4.78, 5) is 0.350. The van der Waals surface area contributed by atoms with Crippen LogP contribution in [0.5, 0.6) is 0 Å². The molecule has 0 radical (unpaired) electrons. The summed E-state index contributed by atoms with van der Waals surface area (Å²) in [6, 6.07) is 7.23. The fraction of sp³-hybridized carbons (Fsp3) is 0.538. The van der Waals surface area contributed by atoms with Crippen LogP contribution in [0.15, 0.2) is 29.2 Å². The van der Waals surface area contributed by atoms with Crippen LogP contribution in [0.3, 0.4) is 0 Å². The third kappa shape index (κ3) is 3.31. The van der Waals surface area contributed by atoms with E-state index < -0.39 is 10.0 Å². The molecule has 1 aliphatic rings. The smallest absolute Gasteiger partial charge is 0.240 e. The second-order valence-electron chi connectivity index (χ2n) is 4.88. The lowest BCUT2D eigenvalue weighted by Gasteiger charge is -2.12. The summed E-state index contributed by atoms with van der Waals surface area (Å²) < 4.78 is 26.9. The molecule has 1 aliphatic carbocycles. The molecule has 0 aromatic heterocycles. The quantitative estimate of drug-likeness (QED) is 0.825. The zero-order chi connectivity index (χ0) is 13.2. The van der Waals surface area contributed by atoms with E-state index >= 15 is 0 Å². The van der Waals surface area contributed by atoms with Gasteiger partial charge in [0.2, 0.25) is 10.0 Å². The second kappa shape index (κ2) is 5.38. The van der Waals surface area contributed by atoms with Gasteiger partial charge in [-0.3, -0.25) is 0 Å². The Balaban J connectivity index is 2.15. The third-order valence-electron chi connectivity index (χ3n) is 3.36. The molecule has 0 spiro atoms. The van der Waals surface area contributed by atoms with Gasteiger partial charge in [0.25, 0.3) is 0 Å². The minimum Gasteiger partial charge on any atom is -0.313 e. The van der Waals surface area contributed by atoms with Crippen molar-refractivity contribution in [3.05, 3.63) is 29.8 Å². The standard InChI is InChI=1S/C13H20N2O2S/c1-10(14-2)12-4-3-5-13(8-12)18(16,17)15-9-11-6-7-11/h3-5,8,10-11,14-15H,6-7,9H2,1-2H3. The zero-order valence-corrected chi connectivity index (χ0v) is 11.6. The average Bonchev–Trinajstić information content (AvgIpc) is 3.20. The van der Waals surface area contributed by atoms with Gasteiger partial charge in [0, 0.05) is 12.6 Å². The van der Waals surface area contributed by atoms with E-state index in [1.54, 1.807) is 18.2 Å². The average molecular weight is 268 g/mol. The molecule has 0 saturated heterocycles. The Hall–Kier alpha value is -0.910. The highest BCUT2D eigenvalue weighted by atomic mass is 32.2. The molecule has 0 bridgehead atoms. The first-order chi connectivity index (χ1) is 8.53. The van der Waals surface area contributed by atoms with Gasteiger partial charge >= 0.3 is 0 Å². The van der Waals surface area contributed by atoms with Crippen LogP contribution in [0.25, 0.3) is 0 Å². The first kappa shape index (κ1) is 13.5. The molecule has 18 heavy (non-hydrogen) atoms. The summed E-state index contributed by atoms with van der Waals surface area (Å²) in [5.41, 5.74) is 0.979. The third-order valence-corrected chi connectivity index (χ3v) is 4.78. The van der Waals surface area contributed by atoms with Crippen molar-refractivity contribution in [2.75, 3.05) is 13.6 Å². The van der Waals surface area contributed by atoms with Crippen LogP contribution in [0, 0.1) is 5.92 Å². The molecule has 4 nitrogen and oxygen atoms in total. The number of rotatable bonds is 6. The molecule has 1 saturated carbocycles. The molecular formula is C13H20N2O2S. The molecule has 1 aromatic carbocycles. The van der Waals surface area contributed by atoms with Gasteiger partial charge < -0.3 is 5.32 Å². The highest BCUT2D eigenvalue weighted by molar-refractivity contribution is 7.89. The van der Waals surface area contributed by atoms with Crippen LogP contribution in [0.1, 0.15) is 31.4 Å². The van der Waals surface area contributed by atoms with Crippen LogP contribution < -0.4 is 10.0 Å². The van der Waals surface area contributed by atoms with E-state index in [0.29, 0.717) is 17.4 Å². The van der Waals surface area contributed by atoms with E-state index in [4.69, 9.17) is 0 Å². The highest BCUT2D eigenvalue weighted by Gasteiger charge is 2.24. The normalized spacial score (nSPS) is 17.7. The minimum atomic E-state index is -3.36. The predicted molar refractivity (Wildman–Crippen MR) is 71.8 cm³/mol. The van der Waals surface area contributed by atoms with Crippen molar-refractivity contribution >= 4 is 10.0 Å². The largest absolute Gasteiger partial charge is 0.313 e. The van der Waals surface area contributed by atoms with Crippen molar-refractivity contribution in [2.24, 2.45) is 5.92 Å². The lowest BCUT2D eigenvalue weighted by Crippen LogP contribution is -2.26. The predicted octanol–water partition coefficient (Wildman–Crippen LogP) is 1.66. The van der Waals surface area contributed by atoms with Gasteiger partial charge in [0.1, 0.15) is 0 Å². The molecule has 1 unspecified atom stereocenters. The van der Waals surface area contributed by atoms with Crippen LogP contribution in [0.2, 0.25) is 0 Å². The molecule has 1 atom stereocenters. The number of hydrogen-bond donors (Lipinski definition) is 2. The minimum absolute atomic E-state index is 0.142. The van der Waals surface area contributed by atoms with Gasteiger partial charge in [-0.15, -0.1) is 0 Å². The summed E-state index contributed by atoms with van der Waals surface area (Å²) in [5, 5.41) is 3.10. The molecule has 1 fully saturated rings. The van der Waals surface area contributed by atoms with Gasteiger partial charge in [0.05, 0.1) is 4.90 Å². The Morgan fingerprint density at radius 1 is 1.39 bits per heavy atom. The maximum absolute atomic E-state index is 12.1. The van der Waals surface area contributed by atoms with E-state index in [-0.39, 0.29) is 6.04 Å². The number of benzene rings is 1. The van der Waals surface area contributed by atoms with Crippen LogP contribution in [-0.2, 0) is 10.0 Å². The molecule has 2 N–H and O–H groups in total. The Kier molecular flexibility index (Phi) is 4.04. The summed E-state index contributed by atoms with van der Waals surface area (Å²) in [5.74, 6) is 0.541. The molecule has 1 aromatic rings. The van der Waals surface area contributed by atoms with Gasteiger partial charge in [-0.05, 0) is 50.4 Å². The summed E-state index contributed by atoms with van der Waals surface area (Å²) in [6.07, 6.45) is 2.28. The van der Waals surface area contributed by atoms with E-state index in [1.807, 2.05) is 20.0 Å². The van der Waals surface area contributed by atoms with Crippen molar-refractivity contribution in [3.8, 4) is 0 Å². The fourth-order valence-corrected chi connectivity index (χ4v) is 2.92. The van der Waals surface area contributed by atoms with E-state index in [0.717, 1.165) is 18.4 Å². The van der Waals surface area contributed by atoms with Crippen LogP contribution in [-0.4, -0.2) is 22.0 Å². The monoisotopic (exact) mass is 268 g/mol. The lowest BCUT2D eigenvalue weighted by molar-refractivity contribution is 0.576. The van der Waals surface area contributed by atoms with Gasteiger partial charge in [0.15, 0.2) is 0 Å². The Morgan fingerprint density at radius 3 is 2.72 bits per heavy atom. The molecular weight excluding hydrogens is 248 g/mol. The van der Waals surface area contributed by atoms with Gasteiger partial charge in [-0.1, -0.05) is 12.1 Å². The van der Waals surface area contributed by atoms with Gasteiger partial charge in [-0.2, -0.15) is 0 Å². The Bertz CT molecular complexity index is 509. The second-order valence-corrected chi connectivity index (χ2v) is 6.65. The van der Waals surface area contributed by atoms with Crippen molar-refractivity contribution in [1.82, 2.24) is 10.0 Å². The SMILES string of the molecule is CNC(C)c1cccc(S(=O)(=O)NCC2CC2)c1. The number of nitrogens with one attached hydrogen (secondary N) is 2. The summed E-state index contributed by atoms with van der Waals surface area (Å²) in [7, 11) is -1.50. The van der Waals surface area contributed by atoms with Crippen molar-refractivity contribution in [3.63, 3.8) is 0 Å². The maximum Gasteiger partial charge on any atom is 0.240 e. The van der Waals surface area contributed by atoms with Crippen molar-refractivity contribution < 1.29 is 8.42 Å². The number of sulfonamides is 1. The molecule has 100 valence electrons. The van der Waals surface area contributed by atoms with Crippen molar-refractivity contribution in [1.29, 1.82) is 0 Å². The first-order valence-corrected chi connectivity index (χ1v) is 7.78. The Labute approximate surface area is 109 Å². The fourth-order valence-electron chi connectivity index (χ4n) is 1.75. The highest BCUT2D eigenvalue weighted by Crippen LogP contribution is 2.28. The Morgan fingerprint density at radius 2 is 2.11 bits per heavy atom. The van der Waals surface area contributed by atoms with E-state index in [2.05, 4.69) is 10.0 Å². The number of hydrogen-bond acceptors (Lipinski definition) is 3. The topological polar surface area (TPSA) is 58.2 Å². The van der Waals surface area contributed by atoms with Crippen LogP contribution in [0.4, 0.5) is 0 Å². The maximum atomic E-state index is 12.1. The molecule has 2 rings (SSSR count).